The summed E-state index contributed by atoms with van der Waals surface area (Å²) in [5, 5.41) is 8.94. The molecule has 0 aromatic rings. The molecule has 1 N–H and O–H groups in total. The standard InChI is InChI=1S/C14H23NO4/c1-14(2,3)7-4-12(16)15(10-13(17)18)11-5-8-19-9-6-11/h4,7,11H,5-6,8-10H2,1-3H3,(H,17,18). The van der Waals surface area contributed by atoms with E-state index in [0.29, 0.717) is 26.1 Å². The lowest BCUT2D eigenvalue weighted by Crippen LogP contribution is -2.45. The van der Waals surface area contributed by atoms with Crippen molar-refractivity contribution in [2.45, 2.75) is 39.7 Å². The second-order valence-electron chi connectivity index (χ2n) is 5.90. The van der Waals surface area contributed by atoms with Crippen LogP contribution in [0.3, 0.4) is 0 Å². The fraction of sp³-hybridized carbons (Fsp3) is 0.714. The van der Waals surface area contributed by atoms with Crippen molar-refractivity contribution < 1.29 is 19.4 Å². The third kappa shape index (κ3) is 5.87. The highest BCUT2D eigenvalue weighted by Crippen LogP contribution is 2.17. The summed E-state index contributed by atoms with van der Waals surface area (Å²) in [6.45, 7) is 6.89. The number of carbonyl (C=O) groups is 2. The van der Waals surface area contributed by atoms with E-state index in [1.165, 1.54) is 11.0 Å². The average molecular weight is 269 g/mol. The summed E-state index contributed by atoms with van der Waals surface area (Å²) < 4.78 is 5.25. The minimum atomic E-state index is -0.982. The van der Waals surface area contributed by atoms with E-state index in [4.69, 9.17) is 9.84 Å². The van der Waals surface area contributed by atoms with Gasteiger partial charge < -0.3 is 14.7 Å². The van der Waals surface area contributed by atoms with Crippen LogP contribution in [0.15, 0.2) is 12.2 Å². The summed E-state index contributed by atoms with van der Waals surface area (Å²) in [6.07, 6.45) is 4.69. The molecule has 0 aromatic heterocycles. The summed E-state index contributed by atoms with van der Waals surface area (Å²) in [4.78, 5) is 24.5. The molecule has 0 spiro atoms. The van der Waals surface area contributed by atoms with Crippen LogP contribution in [0.1, 0.15) is 33.6 Å². The Morgan fingerprint density at radius 1 is 1.32 bits per heavy atom. The number of rotatable bonds is 4. The summed E-state index contributed by atoms with van der Waals surface area (Å²) in [5.74, 6) is -1.21. The lowest BCUT2D eigenvalue weighted by Gasteiger charge is -2.32. The van der Waals surface area contributed by atoms with Crippen LogP contribution >= 0.6 is 0 Å². The highest BCUT2D eigenvalue weighted by atomic mass is 16.5. The number of carboxylic acids is 1. The van der Waals surface area contributed by atoms with E-state index in [0.717, 1.165) is 0 Å². The van der Waals surface area contributed by atoms with Gasteiger partial charge in [0, 0.05) is 19.3 Å². The molecule has 108 valence electrons. The van der Waals surface area contributed by atoms with Crippen molar-refractivity contribution in [1.82, 2.24) is 4.90 Å². The Morgan fingerprint density at radius 3 is 2.37 bits per heavy atom. The summed E-state index contributed by atoms with van der Waals surface area (Å²) >= 11 is 0. The van der Waals surface area contributed by atoms with Gasteiger partial charge in [-0.1, -0.05) is 26.8 Å². The van der Waals surface area contributed by atoms with Crippen molar-refractivity contribution in [2.75, 3.05) is 19.8 Å². The van der Waals surface area contributed by atoms with Gasteiger partial charge in [-0.25, -0.2) is 0 Å². The van der Waals surface area contributed by atoms with Gasteiger partial charge in [0.25, 0.3) is 0 Å². The molecule has 1 aliphatic rings. The lowest BCUT2D eigenvalue weighted by atomic mass is 9.96. The number of allylic oxidation sites excluding steroid dienone is 1. The van der Waals surface area contributed by atoms with Gasteiger partial charge in [-0.15, -0.1) is 0 Å². The molecule has 1 saturated heterocycles. The monoisotopic (exact) mass is 269 g/mol. The smallest absolute Gasteiger partial charge is 0.323 e. The molecule has 0 aromatic carbocycles. The Hall–Kier alpha value is -1.36. The quantitative estimate of drug-likeness (QED) is 0.789. The van der Waals surface area contributed by atoms with Gasteiger partial charge in [0.2, 0.25) is 5.91 Å². The van der Waals surface area contributed by atoms with E-state index < -0.39 is 5.97 Å². The van der Waals surface area contributed by atoms with Crippen LogP contribution < -0.4 is 0 Å². The SMILES string of the molecule is CC(C)(C)C=CC(=O)N(CC(=O)O)C1CCOCC1. The number of amides is 1. The van der Waals surface area contributed by atoms with Gasteiger partial charge in [-0.05, 0) is 24.3 Å². The lowest BCUT2D eigenvalue weighted by molar-refractivity contribution is -0.145. The second-order valence-corrected chi connectivity index (χ2v) is 5.90. The van der Waals surface area contributed by atoms with Crippen LogP contribution in [0.5, 0.6) is 0 Å². The Labute approximate surface area is 114 Å². The van der Waals surface area contributed by atoms with Gasteiger partial charge in [0.15, 0.2) is 0 Å². The highest BCUT2D eigenvalue weighted by Gasteiger charge is 2.26. The molecule has 0 aliphatic carbocycles. The first-order valence-corrected chi connectivity index (χ1v) is 6.59. The molecule has 0 saturated carbocycles. The molecule has 1 fully saturated rings. The maximum Gasteiger partial charge on any atom is 0.323 e. The fourth-order valence-corrected chi connectivity index (χ4v) is 1.95. The van der Waals surface area contributed by atoms with Gasteiger partial charge in [0.05, 0.1) is 0 Å². The van der Waals surface area contributed by atoms with Gasteiger partial charge in [-0.2, -0.15) is 0 Å². The van der Waals surface area contributed by atoms with Crippen LogP contribution in [0.2, 0.25) is 0 Å². The second kappa shape index (κ2) is 6.70. The van der Waals surface area contributed by atoms with E-state index in [2.05, 4.69) is 0 Å². The molecular formula is C14H23NO4. The molecule has 1 amide bonds. The van der Waals surface area contributed by atoms with Crippen molar-refractivity contribution in [3.8, 4) is 0 Å². The number of carbonyl (C=O) groups excluding carboxylic acids is 1. The number of aliphatic carboxylic acids is 1. The zero-order chi connectivity index (χ0) is 14.5. The fourth-order valence-electron chi connectivity index (χ4n) is 1.95. The van der Waals surface area contributed by atoms with Crippen LogP contribution in [-0.2, 0) is 14.3 Å². The Morgan fingerprint density at radius 2 is 1.89 bits per heavy atom. The molecule has 0 atom stereocenters. The minimum absolute atomic E-state index is 0.0398. The maximum absolute atomic E-state index is 12.2. The average Bonchev–Trinajstić information content (AvgIpc) is 2.33. The van der Waals surface area contributed by atoms with Crippen molar-refractivity contribution in [1.29, 1.82) is 0 Å². The number of hydrogen-bond acceptors (Lipinski definition) is 3. The van der Waals surface area contributed by atoms with Crippen LogP contribution in [0.25, 0.3) is 0 Å². The molecule has 1 rings (SSSR count). The number of hydrogen-bond donors (Lipinski definition) is 1. The predicted molar refractivity (Wildman–Crippen MR) is 71.8 cm³/mol. The van der Waals surface area contributed by atoms with Gasteiger partial charge in [0.1, 0.15) is 6.54 Å². The predicted octanol–water partition coefficient (Wildman–Crippen LogP) is 1.68. The first kappa shape index (κ1) is 15.7. The Bertz CT molecular complexity index is 351. The number of carboxylic acid groups (broad SMARTS) is 1. The molecule has 5 heteroatoms. The Balaban J connectivity index is 2.75. The van der Waals surface area contributed by atoms with E-state index in [1.54, 1.807) is 0 Å². The van der Waals surface area contributed by atoms with Crippen LogP contribution in [-0.4, -0.2) is 47.7 Å². The zero-order valence-corrected chi connectivity index (χ0v) is 11.9. The van der Waals surface area contributed by atoms with Gasteiger partial charge in [-0.3, -0.25) is 9.59 Å². The van der Waals surface area contributed by atoms with Crippen molar-refractivity contribution in [2.24, 2.45) is 5.41 Å². The summed E-state index contributed by atoms with van der Waals surface area (Å²) in [7, 11) is 0. The topological polar surface area (TPSA) is 66.8 Å². The number of nitrogens with zero attached hydrogens (tertiary/aromatic N) is 1. The molecule has 19 heavy (non-hydrogen) atoms. The molecule has 0 bridgehead atoms. The van der Waals surface area contributed by atoms with E-state index in [1.807, 2.05) is 26.8 Å². The molecular weight excluding hydrogens is 246 g/mol. The zero-order valence-electron chi connectivity index (χ0n) is 11.9. The van der Waals surface area contributed by atoms with Crippen molar-refractivity contribution in [3.63, 3.8) is 0 Å². The van der Waals surface area contributed by atoms with E-state index in [9.17, 15) is 9.59 Å². The molecule has 1 aliphatic heterocycles. The number of ether oxygens (including phenoxy) is 1. The van der Waals surface area contributed by atoms with Crippen LogP contribution in [0, 0.1) is 5.41 Å². The van der Waals surface area contributed by atoms with E-state index in [-0.39, 0.29) is 23.9 Å². The molecule has 1 heterocycles. The van der Waals surface area contributed by atoms with Gasteiger partial charge >= 0.3 is 5.97 Å². The van der Waals surface area contributed by atoms with Crippen molar-refractivity contribution >= 4 is 11.9 Å². The maximum atomic E-state index is 12.2. The summed E-state index contributed by atoms with van der Waals surface area (Å²) in [6, 6.07) is -0.0398. The van der Waals surface area contributed by atoms with E-state index >= 15 is 0 Å². The Kier molecular flexibility index (Phi) is 5.54. The highest BCUT2D eigenvalue weighted by molar-refractivity contribution is 5.90. The third-order valence-electron chi connectivity index (χ3n) is 2.95. The van der Waals surface area contributed by atoms with Crippen molar-refractivity contribution in [3.05, 3.63) is 12.2 Å². The first-order valence-electron chi connectivity index (χ1n) is 6.59. The first-order chi connectivity index (χ1) is 8.79. The minimum Gasteiger partial charge on any atom is -0.480 e. The largest absolute Gasteiger partial charge is 0.480 e. The normalized spacial score (nSPS) is 17.6. The molecule has 0 unspecified atom stereocenters. The molecule has 5 nitrogen and oxygen atoms in total. The summed E-state index contributed by atoms with van der Waals surface area (Å²) in [5.41, 5.74) is -0.0970. The third-order valence-corrected chi connectivity index (χ3v) is 2.95. The molecule has 0 radical (unpaired) electrons. The van der Waals surface area contributed by atoms with Crippen LogP contribution in [0.4, 0.5) is 0 Å².